The Kier molecular flexibility index (Phi) is 9.66. The van der Waals surface area contributed by atoms with Gasteiger partial charge in [0, 0.05) is 5.97 Å². The van der Waals surface area contributed by atoms with E-state index in [0.717, 1.165) is 0 Å². The molecule has 36 valence electrons. The topological polar surface area (TPSA) is 40.1 Å². The van der Waals surface area contributed by atoms with E-state index in [0.29, 0.717) is 6.42 Å². The Hall–Kier alpha value is 0.470. The van der Waals surface area contributed by atoms with Crippen LogP contribution in [0.4, 0.5) is 0 Å². The molecule has 0 unspecified atom stereocenters. The van der Waals surface area contributed by atoms with Gasteiger partial charge in [-0.25, -0.2) is 0 Å². The SMILES string of the molecule is [13CH3]CCC(=O)[O-].[Na+]. The van der Waals surface area contributed by atoms with Gasteiger partial charge in [-0.05, 0) is 6.42 Å². The van der Waals surface area contributed by atoms with E-state index in [1.54, 1.807) is 6.92 Å². The van der Waals surface area contributed by atoms with Crippen LogP contribution in [0.15, 0.2) is 0 Å². The minimum Gasteiger partial charge on any atom is -0.550 e. The zero-order valence-electron chi connectivity index (χ0n) is 4.73. The third-order valence-electron chi connectivity index (χ3n) is 0.454. The molecule has 0 bridgehead atoms. The summed E-state index contributed by atoms with van der Waals surface area (Å²) in [6.45, 7) is 1.80. The van der Waals surface area contributed by atoms with Crippen LogP contribution in [0.5, 0.6) is 0 Å². The summed E-state index contributed by atoms with van der Waals surface area (Å²) >= 11 is 0. The molecule has 0 amide bonds. The summed E-state index contributed by atoms with van der Waals surface area (Å²) in [4.78, 5) is 9.49. The number of aliphatic carboxylic acids is 1. The van der Waals surface area contributed by atoms with E-state index in [4.69, 9.17) is 0 Å². The molecule has 7 heavy (non-hydrogen) atoms. The van der Waals surface area contributed by atoms with Gasteiger partial charge in [-0.1, -0.05) is 13.3 Å². The van der Waals surface area contributed by atoms with Crippen molar-refractivity contribution in [2.45, 2.75) is 19.8 Å². The summed E-state index contributed by atoms with van der Waals surface area (Å²) in [5, 5.41) is 9.49. The Morgan fingerprint density at radius 1 is 1.71 bits per heavy atom. The molecule has 0 fully saturated rings. The molecule has 0 rings (SSSR count). The van der Waals surface area contributed by atoms with E-state index in [1.807, 2.05) is 0 Å². The van der Waals surface area contributed by atoms with Gasteiger partial charge in [0.1, 0.15) is 0 Å². The standard InChI is InChI=1S/C4H8O2.Na/c1-2-3-4(5)6;/h2-3H2,1H3,(H,5,6);/q;+1/p-1/i1+1;. The Bertz CT molecular complexity index is 53.7. The smallest absolute Gasteiger partial charge is 0.550 e. The normalized spacial score (nSPS) is 7.00. The van der Waals surface area contributed by atoms with Gasteiger partial charge < -0.3 is 9.90 Å². The molecular weight excluding hydrogens is 104 g/mol. The predicted molar refractivity (Wildman–Crippen MR) is 19.9 cm³/mol. The third kappa shape index (κ3) is 10.7. The van der Waals surface area contributed by atoms with E-state index in [9.17, 15) is 9.90 Å². The van der Waals surface area contributed by atoms with E-state index in [2.05, 4.69) is 0 Å². The number of carbonyl (C=O) groups is 1. The van der Waals surface area contributed by atoms with Crippen LogP contribution >= 0.6 is 0 Å². The summed E-state index contributed by atoms with van der Waals surface area (Å²) in [5.41, 5.74) is 0. The quantitative estimate of drug-likeness (QED) is 0.274. The van der Waals surface area contributed by atoms with Crippen molar-refractivity contribution in [3.8, 4) is 0 Å². The maximum atomic E-state index is 9.49. The Morgan fingerprint density at radius 2 is 2.14 bits per heavy atom. The molecule has 0 radical (unpaired) electrons. The predicted octanol–water partition coefficient (Wildman–Crippen LogP) is -3.46. The first-order valence-electron chi connectivity index (χ1n) is 1.97. The maximum Gasteiger partial charge on any atom is 1.00 e. The summed E-state index contributed by atoms with van der Waals surface area (Å²) in [7, 11) is 0. The van der Waals surface area contributed by atoms with Crippen molar-refractivity contribution >= 4 is 5.97 Å². The molecule has 0 aromatic carbocycles. The number of hydrogen-bond acceptors (Lipinski definition) is 2. The van der Waals surface area contributed by atoms with Crippen LogP contribution in [0.25, 0.3) is 0 Å². The van der Waals surface area contributed by atoms with Gasteiger partial charge in [-0.2, -0.15) is 0 Å². The van der Waals surface area contributed by atoms with Gasteiger partial charge in [0.05, 0.1) is 0 Å². The largest absolute Gasteiger partial charge is 1.00 e. The van der Waals surface area contributed by atoms with Crippen molar-refractivity contribution in [1.82, 2.24) is 0 Å². The van der Waals surface area contributed by atoms with Gasteiger partial charge >= 0.3 is 29.6 Å². The van der Waals surface area contributed by atoms with Gasteiger partial charge in [0.15, 0.2) is 0 Å². The molecule has 0 N–H and O–H groups in total. The molecule has 0 saturated heterocycles. The first kappa shape index (κ1) is 10.5. The van der Waals surface area contributed by atoms with Crippen LogP contribution in [0.3, 0.4) is 0 Å². The Morgan fingerprint density at radius 3 is 2.14 bits per heavy atom. The molecular formula is C4H7NaO2. The van der Waals surface area contributed by atoms with Crippen LogP contribution in [-0.2, 0) is 4.79 Å². The average Bonchev–Trinajstić information content (AvgIpc) is 1.35. The second-order valence-electron chi connectivity index (χ2n) is 1.12. The third-order valence-corrected chi connectivity index (χ3v) is 0.454. The monoisotopic (exact) mass is 111 g/mol. The number of carboxylic acid groups (broad SMARTS) is 1. The minimum absolute atomic E-state index is 0. The number of carbonyl (C=O) groups excluding carboxylic acids is 1. The number of carboxylic acids is 1. The molecule has 0 aromatic heterocycles. The second kappa shape index (κ2) is 6.47. The summed E-state index contributed by atoms with van der Waals surface area (Å²) in [5.74, 6) is -0.961. The fourth-order valence-electron chi connectivity index (χ4n) is 0.204. The zero-order valence-corrected chi connectivity index (χ0v) is 6.73. The van der Waals surface area contributed by atoms with Crippen LogP contribution in [0.1, 0.15) is 19.8 Å². The van der Waals surface area contributed by atoms with Crippen molar-refractivity contribution in [2.75, 3.05) is 0 Å². The van der Waals surface area contributed by atoms with E-state index < -0.39 is 5.97 Å². The molecule has 3 heteroatoms. The Balaban J connectivity index is 0. The molecule has 0 aliphatic rings. The van der Waals surface area contributed by atoms with Gasteiger partial charge in [0.2, 0.25) is 0 Å². The summed E-state index contributed by atoms with van der Waals surface area (Å²) in [6.07, 6.45) is 0.850. The van der Waals surface area contributed by atoms with Gasteiger partial charge in [0.25, 0.3) is 0 Å². The average molecular weight is 111 g/mol. The number of hydrogen-bond donors (Lipinski definition) is 0. The first-order chi connectivity index (χ1) is 2.77. The van der Waals surface area contributed by atoms with Crippen LogP contribution in [0.2, 0.25) is 0 Å². The van der Waals surface area contributed by atoms with Crippen LogP contribution in [-0.4, -0.2) is 5.97 Å². The molecule has 0 heterocycles. The van der Waals surface area contributed by atoms with Crippen LogP contribution < -0.4 is 34.7 Å². The van der Waals surface area contributed by atoms with Crippen LogP contribution in [0, 0.1) is 0 Å². The first-order valence-corrected chi connectivity index (χ1v) is 1.97. The summed E-state index contributed by atoms with van der Waals surface area (Å²) in [6, 6.07) is 0. The fourth-order valence-corrected chi connectivity index (χ4v) is 0.204. The van der Waals surface area contributed by atoms with Crippen molar-refractivity contribution in [3.63, 3.8) is 0 Å². The van der Waals surface area contributed by atoms with Crippen molar-refractivity contribution < 1.29 is 39.5 Å². The van der Waals surface area contributed by atoms with Gasteiger partial charge in [-0.3, -0.25) is 0 Å². The zero-order chi connectivity index (χ0) is 4.99. The number of rotatable bonds is 2. The molecule has 0 aromatic rings. The van der Waals surface area contributed by atoms with E-state index >= 15 is 0 Å². The van der Waals surface area contributed by atoms with Gasteiger partial charge in [-0.15, -0.1) is 0 Å². The molecule has 0 atom stereocenters. The summed E-state index contributed by atoms with van der Waals surface area (Å²) < 4.78 is 0. The van der Waals surface area contributed by atoms with E-state index in [1.165, 1.54) is 0 Å². The molecule has 0 aliphatic carbocycles. The minimum atomic E-state index is -0.961. The molecule has 0 spiro atoms. The second-order valence-corrected chi connectivity index (χ2v) is 1.12. The fraction of sp³-hybridized carbons (Fsp3) is 0.750. The van der Waals surface area contributed by atoms with Crippen molar-refractivity contribution in [3.05, 3.63) is 0 Å². The van der Waals surface area contributed by atoms with Crippen molar-refractivity contribution in [1.29, 1.82) is 0 Å². The molecule has 2 nitrogen and oxygen atoms in total. The molecule has 0 saturated carbocycles. The molecule has 0 aliphatic heterocycles. The van der Waals surface area contributed by atoms with E-state index in [-0.39, 0.29) is 36.0 Å². The van der Waals surface area contributed by atoms with Crippen molar-refractivity contribution in [2.24, 2.45) is 0 Å². The maximum absolute atomic E-state index is 9.49. The Labute approximate surface area is 65.2 Å².